The predicted octanol–water partition coefficient (Wildman–Crippen LogP) is 3.10. The fourth-order valence-corrected chi connectivity index (χ4v) is 3.80. The van der Waals surface area contributed by atoms with Gasteiger partial charge in [-0.15, -0.1) is 0 Å². The first-order chi connectivity index (χ1) is 13.8. The third kappa shape index (κ3) is 5.49. The highest BCUT2D eigenvalue weighted by atomic mass is 19.4. The van der Waals surface area contributed by atoms with E-state index in [1.807, 2.05) is 0 Å². The van der Waals surface area contributed by atoms with Gasteiger partial charge >= 0.3 is 6.18 Å². The van der Waals surface area contributed by atoms with Crippen molar-refractivity contribution >= 4 is 5.91 Å². The second-order valence-electron chi connectivity index (χ2n) is 7.46. The number of hydrogen-bond donors (Lipinski definition) is 2. The van der Waals surface area contributed by atoms with Gasteiger partial charge in [0.2, 0.25) is 11.8 Å². The van der Waals surface area contributed by atoms with Crippen LogP contribution in [0.3, 0.4) is 0 Å². The van der Waals surface area contributed by atoms with E-state index in [0.29, 0.717) is 18.4 Å². The zero-order valence-electron chi connectivity index (χ0n) is 16.2. The van der Waals surface area contributed by atoms with Crippen molar-refractivity contribution in [2.45, 2.75) is 63.4 Å². The van der Waals surface area contributed by atoms with Gasteiger partial charge in [-0.05, 0) is 51.1 Å². The lowest BCUT2D eigenvalue weighted by atomic mass is 9.87. The predicted molar refractivity (Wildman–Crippen MR) is 96.0 cm³/mol. The van der Waals surface area contributed by atoms with Crippen LogP contribution in [0.1, 0.15) is 44.1 Å². The molecule has 162 valence electrons. The van der Waals surface area contributed by atoms with Gasteiger partial charge in [0.25, 0.3) is 5.88 Å². The van der Waals surface area contributed by atoms with Crippen LogP contribution in [0.2, 0.25) is 0 Å². The van der Waals surface area contributed by atoms with Gasteiger partial charge in [0.15, 0.2) is 5.82 Å². The highest BCUT2D eigenvalue weighted by Crippen LogP contribution is 2.39. The number of amides is 1. The lowest BCUT2D eigenvalue weighted by Crippen LogP contribution is -2.40. The quantitative estimate of drug-likeness (QED) is 0.694. The molecule has 2 N–H and O–H groups in total. The molecule has 6 nitrogen and oxygen atoms in total. The molecule has 1 aliphatic carbocycles. The molecule has 2 heterocycles. The van der Waals surface area contributed by atoms with Gasteiger partial charge in [-0.2, -0.15) is 18.2 Å². The molecular weight excluding hydrogens is 394 g/mol. The second-order valence-corrected chi connectivity index (χ2v) is 7.46. The number of alkyl halides is 3. The summed E-state index contributed by atoms with van der Waals surface area (Å²) in [5.41, 5.74) is 0.320. The molecule has 10 heteroatoms. The van der Waals surface area contributed by atoms with Crippen LogP contribution in [-0.2, 0) is 11.3 Å². The highest BCUT2D eigenvalue weighted by molar-refractivity contribution is 5.82. The maximum Gasteiger partial charge on any atom is 0.391 e. The third-order valence-corrected chi connectivity index (χ3v) is 5.37. The number of pyridine rings is 1. The maximum atomic E-state index is 14.5. The van der Waals surface area contributed by atoms with Crippen LogP contribution in [0.25, 0.3) is 0 Å². The molecule has 0 aromatic carbocycles. The molecular formula is C19H25F4N3O3. The average molecular weight is 419 g/mol. The van der Waals surface area contributed by atoms with Gasteiger partial charge < -0.3 is 20.1 Å². The van der Waals surface area contributed by atoms with Crippen LogP contribution in [0.15, 0.2) is 6.07 Å². The number of hydrogen-bond acceptors (Lipinski definition) is 5. The zero-order valence-corrected chi connectivity index (χ0v) is 16.2. The summed E-state index contributed by atoms with van der Waals surface area (Å²) < 4.78 is 64.0. The van der Waals surface area contributed by atoms with E-state index in [1.54, 1.807) is 0 Å². The molecule has 2 fully saturated rings. The maximum absolute atomic E-state index is 14.5. The van der Waals surface area contributed by atoms with E-state index in [9.17, 15) is 22.4 Å². The average Bonchev–Trinajstić information content (AvgIpc) is 3.22. The van der Waals surface area contributed by atoms with Gasteiger partial charge in [0.1, 0.15) is 6.10 Å². The Labute approximate surface area is 166 Å². The molecule has 0 bridgehead atoms. The molecule has 29 heavy (non-hydrogen) atoms. The number of methoxy groups -OCH3 is 1. The molecule has 1 aromatic heterocycles. The van der Waals surface area contributed by atoms with Gasteiger partial charge in [-0.25, -0.2) is 4.39 Å². The Morgan fingerprint density at radius 1 is 1.28 bits per heavy atom. The van der Waals surface area contributed by atoms with E-state index in [-0.39, 0.29) is 43.1 Å². The molecule has 1 aliphatic heterocycles. The van der Waals surface area contributed by atoms with E-state index in [4.69, 9.17) is 9.47 Å². The first-order valence-electron chi connectivity index (χ1n) is 9.75. The summed E-state index contributed by atoms with van der Waals surface area (Å²) in [4.78, 5) is 16.1. The number of rotatable bonds is 6. The first kappa shape index (κ1) is 21.6. The topological polar surface area (TPSA) is 72.5 Å². The summed E-state index contributed by atoms with van der Waals surface area (Å²) in [5.74, 6) is -2.77. The van der Waals surface area contributed by atoms with Crippen LogP contribution in [0.4, 0.5) is 17.6 Å². The molecule has 3 rings (SSSR count). The van der Waals surface area contributed by atoms with Crippen LogP contribution in [-0.4, -0.2) is 42.9 Å². The molecule has 1 aromatic rings. The molecule has 1 unspecified atom stereocenters. The summed E-state index contributed by atoms with van der Waals surface area (Å²) >= 11 is 0. The minimum Gasteiger partial charge on any atom is -0.481 e. The Kier molecular flexibility index (Phi) is 6.81. The smallest absolute Gasteiger partial charge is 0.391 e. The number of halogens is 4. The van der Waals surface area contributed by atoms with Crippen molar-refractivity contribution in [1.82, 2.24) is 15.6 Å². The van der Waals surface area contributed by atoms with E-state index < -0.39 is 24.0 Å². The lowest BCUT2D eigenvalue weighted by molar-refractivity contribution is -0.188. The minimum atomic E-state index is -4.29. The fourth-order valence-electron chi connectivity index (χ4n) is 3.80. The second kappa shape index (κ2) is 9.15. The molecule has 2 aliphatic rings. The van der Waals surface area contributed by atoms with E-state index in [2.05, 4.69) is 15.6 Å². The molecule has 0 radical (unpaired) electrons. The third-order valence-electron chi connectivity index (χ3n) is 5.37. The highest BCUT2D eigenvalue weighted by Gasteiger charge is 2.43. The monoisotopic (exact) mass is 419 g/mol. The zero-order chi connectivity index (χ0) is 21.0. The van der Waals surface area contributed by atoms with Gasteiger partial charge in [0, 0.05) is 12.1 Å². The van der Waals surface area contributed by atoms with Crippen LogP contribution in [0.5, 0.6) is 11.8 Å². The van der Waals surface area contributed by atoms with Crippen LogP contribution in [0, 0.1) is 11.7 Å². The van der Waals surface area contributed by atoms with Crippen molar-refractivity contribution in [3.8, 4) is 11.8 Å². The van der Waals surface area contributed by atoms with Gasteiger partial charge in [-0.3, -0.25) is 4.79 Å². The number of nitrogens with one attached hydrogen (secondary N) is 2. The first-order valence-corrected chi connectivity index (χ1v) is 9.75. The summed E-state index contributed by atoms with van der Waals surface area (Å²) in [6, 6.07) is 0.863. The fraction of sp³-hybridized carbons (Fsp3) is 0.684. The van der Waals surface area contributed by atoms with Crippen LogP contribution < -0.4 is 20.1 Å². The summed E-state index contributed by atoms with van der Waals surface area (Å²) in [6.45, 7) is 0.796. The van der Waals surface area contributed by atoms with Gasteiger partial charge in [0.05, 0.1) is 19.1 Å². The Balaban J connectivity index is 1.65. The van der Waals surface area contributed by atoms with Crippen molar-refractivity contribution in [2.24, 2.45) is 5.92 Å². The molecule has 1 saturated carbocycles. The lowest BCUT2D eigenvalue weighted by Gasteiger charge is -2.30. The van der Waals surface area contributed by atoms with Crippen molar-refractivity contribution in [3.63, 3.8) is 0 Å². The number of ether oxygens (including phenoxy) is 2. The van der Waals surface area contributed by atoms with Crippen molar-refractivity contribution in [3.05, 3.63) is 17.4 Å². The number of carbonyl (C=O) groups excluding carboxylic acids is 1. The molecule has 1 saturated heterocycles. The largest absolute Gasteiger partial charge is 0.481 e. The van der Waals surface area contributed by atoms with Crippen molar-refractivity contribution in [2.75, 3.05) is 13.7 Å². The SMILES string of the molecule is COc1nc(O[C@H]2CCC[C@@H](C(F)(F)F)C2)c(F)cc1CNC(=O)C1CCCN1. The molecule has 1 amide bonds. The Hall–Kier alpha value is -2.10. The number of nitrogens with zero attached hydrogens (tertiary/aromatic N) is 1. The van der Waals surface area contributed by atoms with Crippen molar-refractivity contribution in [1.29, 1.82) is 0 Å². The summed E-state index contributed by atoms with van der Waals surface area (Å²) in [6.07, 6.45) is -2.81. The van der Waals surface area contributed by atoms with E-state index in [1.165, 1.54) is 7.11 Å². The van der Waals surface area contributed by atoms with E-state index >= 15 is 0 Å². The van der Waals surface area contributed by atoms with Gasteiger partial charge in [-0.1, -0.05) is 0 Å². The number of carbonyl (C=O) groups is 1. The van der Waals surface area contributed by atoms with E-state index in [0.717, 1.165) is 25.5 Å². The van der Waals surface area contributed by atoms with Crippen LogP contribution >= 0.6 is 0 Å². The summed E-state index contributed by atoms with van der Waals surface area (Å²) in [7, 11) is 1.34. The standard InChI is InChI=1S/C19H25F4N3O3/c1-28-17-11(10-25-16(27)15-6-3-7-24-15)8-14(20)18(26-17)29-13-5-2-4-12(9-13)19(21,22)23/h8,12-13,15,24H,2-7,9-10H2,1H3,(H,25,27)/t12-,13+,15?/m1/s1. The molecule has 3 atom stereocenters. The Bertz CT molecular complexity index is 723. The molecule has 0 spiro atoms. The van der Waals surface area contributed by atoms with Crippen molar-refractivity contribution < 1.29 is 31.8 Å². The number of aromatic nitrogens is 1. The Morgan fingerprint density at radius 3 is 2.72 bits per heavy atom. The minimum absolute atomic E-state index is 0.0178. The Morgan fingerprint density at radius 2 is 2.07 bits per heavy atom. The normalized spacial score (nSPS) is 24.9. The summed E-state index contributed by atoms with van der Waals surface area (Å²) in [5, 5.41) is 5.78.